The lowest BCUT2D eigenvalue weighted by molar-refractivity contribution is -0.124. The summed E-state index contributed by atoms with van der Waals surface area (Å²) in [7, 11) is 0. The standard InChI is InChI=1S/C22H40N2O2/c1-17-15-20(22(23)25)11-12-24(17)13-14-26-21-9-7-19(8-10-21)16-18-5-3-2-4-6-18/h17-21H,2-16H2,1H3,(H2,23,25)/t17-,19?,20-,21?/m1/s1. The molecule has 2 N–H and O–H groups in total. The minimum Gasteiger partial charge on any atom is -0.377 e. The largest absolute Gasteiger partial charge is 0.377 e. The van der Waals surface area contributed by atoms with Crippen LogP contribution in [-0.2, 0) is 9.53 Å². The fourth-order valence-corrected chi connectivity index (χ4v) is 5.58. The molecule has 1 heterocycles. The molecule has 2 saturated carbocycles. The normalized spacial score (nSPS) is 34.7. The molecule has 2 atom stereocenters. The van der Waals surface area contributed by atoms with Gasteiger partial charge < -0.3 is 10.5 Å². The maximum atomic E-state index is 11.4. The second-order valence-corrected chi connectivity index (χ2v) is 9.26. The number of nitrogens with zero attached hydrogens (tertiary/aromatic N) is 1. The molecule has 1 aliphatic heterocycles. The zero-order valence-corrected chi connectivity index (χ0v) is 16.8. The van der Waals surface area contributed by atoms with Crippen LogP contribution in [0, 0.1) is 17.8 Å². The maximum Gasteiger partial charge on any atom is 0.220 e. The monoisotopic (exact) mass is 364 g/mol. The summed E-state index contributed by atoms with van der Waals surface area (Å²) in [6, 6.07) is 0.441. The maximum absolute atomic E-state index is 11.4. The van der Waals surface area contributed by atoms with Crippen LogP contribution < -0.4 is 5.73 Å². The number of primary amides is 1. The number of carbonyl (C=O) groups is 1. The van der Waals surface area contributed by atoms with Crippen molar-refractivity contribution in [3.05, 3.63) is 0 Å². The van der Waals surface area contributed by atoms with Crippen molar-refractivity contribution in [3.8, 4) is 0 Å². The lowest BCUT2D eigenvalue weighted by atomic mass is 9.77. The summed E-state index contributed by atoms with van der Waals surface area (Å²) >= 11 is 0. The van der Waals surface area contributed by atoms with Crippen molar-refractivity contribution >= 4 is 5.91 Å². The summed E-state index contributed by atoms with van der Waals surface area (Å²) in [4.78, 5) is 13.8. The van der Waals surface area contributed by atoms with Crippen molar-refractivity contribution in [3.63, 3.8) is 0 Å². The highest BCUT2D eigenvalue weighted by atomic mass is 16.5. The molecule has 2 aliphatic carbocycles. The molecule has 1 saturated heterocycles. The Kier molecular flexibility index (Phi) is 7.80. The first-order valence-corrected chi connectivity index (χ1v) is 11.3. The van der Waals surface area contributed by atoms with Gasteiger partial charge in [-0.05, 0) is 70.3 Å². The Morgan fingerprint density at radius 1 is 1.00 bits per heavy atom. The smallest absolute Gasteiger partial charge is 0.220 e. The predicted molar refractivity (Wildman–Crippen MR) is 106 cm³/mol. The van der Waals surface area contributed by atoms with Crippen molar-refractivity contribution in [1.29, 1.82) is 0 Å². The number of carbonyl (C=O) groups excluding carboxylic acids is 1. The third-order valence-corrected chi connectivity index (χ3v) is 7.33. The summed E-state index contributed by atoms with van der Waals surface area (Å²) in [5, 5.41) is 0. The Balaban J connectivity index is 1.27. The first kappa shape index (κ1) is 20.1. The number of hydrogen-bond donors (Lipinski definition) is 1. The number of ether oxygens (including phenoxy) is 1. The Labute approximate surface area is 160 Å². The zero-order valence-electron chi connectivity index (χ0n) is 16.8. The average molecular weight is 365 g/mol. The van der Waals surface area contributed by atoms with E-state index < -0.39 is 0 Å². The van der Waals surface area contributed by atoms with Crippen LogP contribution in [0.5, 0.6) is 0 Å². The molecule has 3 aliphatic rings. The number of nitrogens with two attached hydrogens (primary N) is 1. The van der Waals surface area contributed by atoms with Gasteiger partial charge in [-0.25, -0.2) is 0 Å². The molecular weight excluding hydrogens is 324 g/mol. The van der Waals surface area contributed by atoms with Gasteiger partial charge in [-0.15, -0.1) is 0 Å². The van der Waals surface area contributed by atoms with Crippen LogP contribution in [0.1, 0.15) is 84.0 Å². The molecule has 0 aromatic carbocycles. The van der Waals surface area contributed by atoms with Gasteiger partial charge in [0.25, 0.3) is 0 Å². The summed E-state index contributed by atoms with van der Waals surface area (Å²) in [5.74, 6) is 1.93. The number of piperidine rings is 1. The first-order chi connectivity index (χ1) is 12.6. The van der Waals surface area contributed by atoms with Gasteiger partial charge >= 0.3 is 0 Å². The van der Waals surface area contributed by atoms with E-state index in [9.17, 15) is 4.79 Å². The van der Waals surface area contributed by atoms with Gasteiger partial charge in [0.15, 0.2) is 0 Å². The highest BCUT2D eigenvalue weighted by Gasteiger charge is 2.29. The fraction of sp³-hybridized carbons (Fsp3) is 0.955. The number of rotatable bonds is 7. The van der Waals surface area contributed by atoms with E-state index in [1.165, 1.54) is 64.2 Å². The molecule has 0 aromatic heterocycles. The van der Waals surface area contributed by atoms with Crippen molar-refractivity contribution in [1.82, 2.24) is 4.90 Å². The minimum atomic E-state index is -0.127. The van der Waals surface area contributed by atoms with Gasteiger partial charge in [0, 0.05) is 18.5 Å². The van der Waals surface area contributed by atoms with E-state index >= 15 is 0 Å². The topological polar surface area (TPSA) is 55.6 Å². The molecule has 0 aromatic rings. The van der Waals surface area contributed by atoms with Crippen LogP contribution in [0.2, 0.25) is 0 Å². The molecule has 0 unspecified atom stereocenters. The number of likely N-dealkylation sites (tertiary alicyclic amines) is 1. The van der Waals surface area contributed by atoms with E-state index in [-0.39, 0.29) is 11.8 Å². The minimum absolute atomic E-state index is 0.0709. The molecule has 0 spiro atoms. The van der Waals surface area contributed by atoms with Gasteiger partial charge in [0.1, 0.15) is 0 Å². The molecule has 3 rings (SSSR count). The van der Waals surface area contributed by atoms with Crippen LogP contribution in [0.25, 0.3) is 0 Å². The number of hydrogen-bond acceptors (Lipinski definition) is 3. The van der Waals surface area contributed by atoms with E-state index in [1.807, 2.05) is 0 Å². The van der Waals surface area contributed by atoms with E-state index in [0.717, 1.165) is 44.4 Å². The Bertz CT molecular complexity index is 428. The highest BCUT2D eigenvalue weighted by molar-refractivity contribution is 5.76. The third kappa shape index (κ3) is 5.95. The van der Waals surface area contributed by atoms with Crippen molar-refractivity contribution < 1.29 is 9.53 Å². The Hall–Kier alpha value is -0.610. The van der Waals surface area contributed by atoms with E-state index in [1.54, 1.807) is 0 Å². The Morgan fingerprint density at radius 3 is 2.35 bits per heavy atom. The second-order valence-electron chi connectivity index (χ2n) is 9.26. The summed E-state index contributed by atoms with van der Waals surface area (Å²) in [5.41, 5.74) is 5.46. The molecule has 3 fully saturated rings. The molecule has 4 heteroatoms. The lowest BCUT2D eigenvalue weighted by Gasteiger charge is -2.37. The van der Waals surface area contributed by atoms with Crippen molar-refractivity contribution in [2.75, 3.05) is 19.7 Å². The third-order valence-electron chi connectivity index (χ3n) is 7.33. The van der Waals surface area contributed by atoms with Crippen LogP contribution in [-0.4, -0.2) is 42.6 Å². The average Bonchev–Trinajstić information content (AvgIpc) is 2.65. The molecule has 0 radical (unpaired) electrons. The van der Waals surface area contributed by atoms with Gasteiger partial charge in [0.05, 0.1) is 12.7 Å². The van der Waals surface area contributed by atoms with E-state index in [2.05, 4.69) is 11.8 Å². The van der Waals surface area contributed by atoms with E-state index in [4.69, 9.17) is 10.5 Å². The van der Waals surface area contributed by atoms with E-state index in [0.29, 0.717) is 12.1 Å². The molecule has 1 amide bonds. The van der Waals surface area contributed by atoms with Crippen LogP contribution >= 0.6 is 0 Å². The summed E-state index contributed by atoms with van der Waals surface area (Å²) < 4.78 is 6.21. The van der Waals surface area contributed by atoms with Gasteiger partial charge in [-0.3, -0.25) is 9.69 Å². The SMILES string of the molecule is C[C@@H]1C[C@H](C(N)=O)CCN1CCOC1CCC(CC2CCCCC2)CC1. The van der Waals surface area contributed by atoms with Gasteiger partial charge in [-0.1, -0.05) is 32.1 Å². The quantitative estimate of drug-likeness (QED) is 0.739. The summed E-state index contributed by atoms with van der Waals surface area (Å²) in [6.45, 7) is 5.02. The van der Waals surface area contributed by atoms with Gasteiger partial charge in [0.2, 0.25) is 5.91 Å². The lowest BCUT2D eigenvalue weighted by Crippen LogP contribution is -2.45. The van der Waals surface area contributed by atoms with Gasteiger partial charge in [-0.2, -0.15) is 0 Å². The summed E-state index contributed by atoms with van der Waals surface area (Å²) in [6.07, 6.45) is 16.4. The molecule has 26 heavy (non-hydrogen) atoms. The second kappa shape index (κ2) is 10.1. The van der Waals surface area contributed by atoms with Crippen LogP contribution in [0.3, 0.4) is 0 Å². The van der Waals surface area contributed by atoms with Crippen molar-refractivity contribution in [2.24, 2.45) is 23.5 Å². The molecule has 0 bridgehead atoms. The number of amides is 1. The molecular formula is C22H40N2O2. The molecule has 4 nitrogen and oxygen atoms in total. The first-order valence-electron chi connectivity index (χ1n) is 11.3. The van der Waals surface area contributed by atoms with Crippen LogP contribution in [0.15, 0.2) is 0 Å². The van der Waals surface area contributed by atoms with Crippen LogP contribution in [0.4, 0.5) is 0 Å². The Morgan fingerprint density at radius 2 is 1.69 bits per heavy atom. The molecule has 150 valence electrons. The predicted octanol–water partition coefficient (Wildman–Crippen LogP) is 4.12. The van der Waals surface area contributed by atoms with Crippen molar-refractivity contribution in [2.45, 2.75) is 96.1 Å². The fourth-order valence-electron chi connectivity index (χ4n) is 5.58. The highest BCUT2D eigenvalue weighted by Crippen LogP contribution is 2.35. The zero-order chi connectivity index (χ0) is 18.4.